The van der Waals surface area contributed by atoms with Gasteiger partial charge >= 0.3 is 0 Å². The van der Waals surface area contributed by atoms with Gasteiger partial charge in [-0.2, -0.15) is 0 Å². The Balaban J connectivity index is 1.96. The van der Waals surface area contributed by atoms with Crippen molar-refractivity contribution in [2.75, 3.05) is 5.32 Å². The van der Waals surface area contributed by atoms with Crippen molar-refractivity contribution >= 4 is 28.3 Å². The smallest absolute Gasteiger partial charge is 0.248 e. The molecule has 0 spiro atoms. The van der Waals surface area contributed by atoms with Crippen molar-refractivity contribution in [1.29, 1.82) is 0 Å². The van der Waals surface area contributed by atoms with Crippen LogP contribution in [0.3, 0.4) is 0 Å². The summed E-state index contributed by atoms with van der Waals surface area (Å²) in [6.45, 7) is 5.83. The van der Waals surface area contributed by atoms with E-state index < -0.39 is 6.04 Å². The summed E-state index contributed by atoms with van der Waals surface area (Å²) in [5, 5.41) is 6.33. The number of aryl methyl sites for hydroxylation is 1. The number of aromatic nitrogens is 1. The highest BCUT2D eigenvalue weighted by atomic mass is 32.1. The molecule has 0 radical (unpaired) electrons. The molecule has 1 aliphatic carbocycles. The minimum absolute atomic E-state index is 0.0175. The highest BCUT2D eigenvalue weighted by molar-refractivity contribution is 7.15. The Bertz CT molecular complexity index is 521. The number of hydrogen-bond donors (Lipinski definition) is 2. The molecule has 2 N–H and O–H groups in total. The van der Waals surface area contributed by atoms with E-state index in [-0.39, 0.29) is 23.7 Å². The van der Waals surface area contributed by atoms with Crippen LogP contribution in [0, 0.1) is 18.8 Å². The van der Waals surface area contributed by atoms with Crippen LogP contribution in [0.1, 0.15) is 50.8 Å². The first-order valence-corrected chi connectivity index (χ1v) is 8.82. The summed E-state index contributed by atoms with van der Waals surface area (Å²) in [6.07, 6.45) is 7.02. The molecular weight excluding hydrogens is 298 g/mol. The first-order chi connectivity index (χ1) is 10.5. The van der Waals surface area contributed by atoms with E-state index in [0.717, 1.165) is 30.6 Å². The molecule has 2 rings (SSSR count). The molecule has 1 aromatic heterocycles. The van der Waals surface area contributed by atoms with Crippen LogP contribution in [0.2, 0.25) is 0 Å². The number of rotatable bonds is 5. The zero-order valence-corrected chi connectivity index (χ0v) is 14.3. The maximum Gasteiger partial charge on any atom is 0.248 e. The Morgan fingerprint density at radius 3 is 2.50 bits per heavy atom. The number of thiazole rings is 1. The number of carbonyl (C=O) groups is 2. The van der Waals surface area contributed by atoms with Gasteiger partial charge in [-0.15, -0.1) is 11.3 Å². The van der Waals surface area contributed by atoms with Crippen LogP contribution < -0.4 is 10.6 Å². The Labute approximate surface area is 135 Å². The van der Waals surface area contributed by atoms with Crippen molar-refractivity contribution in [1.82, 2.24) is 10.3 Å². The summed E-state index contributed by atoms with van der Waals surface area (Å²) in [5.41, 5.74) is 0. The number of anilines is 1. The molecule has 0 aliphatic heterocycles. The number of nitrogens with one attached hydrogen (secondary N) is 2. The maximum absolute atomic E-state index is 12.4. The second-order valence-electron chi connectivity index (χ2n) is 6.33. The minimum atomic E-state index is -0.515. The van der Waals surface area contributed by atoms with Crippen molar-refractivity contribution in [3.63, 3.8) is 0 Å². The van der Waals surface area contributed by atoms with Gasteiger partial charge in [-0.3, -0.25) is 9.59 Å². The third-order valence-corrected chi connectivity index (χ3v) is 4.90. The SMILES string of the molecule is Cc1cnc(NC(=O)C(NC(=O)C2CCCCC2)C(C)C)s1. The third kappa shape index (κ3) is 4.53. The van der Waals surface area contributed by atoms with Crippen LogP contribution >= 0.6 is 11.3 Å². The molecule has 1 heterocycles. The van der Waals surface area contributed by atoms with Crippen molar-refractivity contribution < 1.29 is 9.59 Å². The van der Waals surface area contributed by atoms with Gasteiger partial charge in [0, 0.05) is 17.0 Å². The van der Waals surface area contributed by atoms with Crippen LogP contribution in [0.25, 0.3) is 0 Å². The molecule has 1 unspecified atom stereocenters. The molecule has 1 atom stereocenters. The average molecular weight is 323 g/mol. The van der Waals surface area contributed by atoms with Gasteiger partial charge in [0.15, 0.2) is 5.13 Å². The molecule has 1 aliphatic rings. The molecule has 1 saturated carbocycles. The van der Waals surface area contributed by atoms with E-state index in [0.29, 0.717) is 5.13 Å². The fraction of sp³-hybridized carbons (Fsp3) is 0.688. The van der Waals surface area contributed by atoms with Crippen molar-refractivity contribution in [3.05, 3.63) is 11.1 Å². The zero-order valence-electron chi connectivity index (χ0n) is 13.5. The molecular formula is C16H25N3O2S. The molecule has 122 valence electrons. The fourth-order valence-electron chi connectivity index (χ4n) is 2.77. The topological polar surface area (TPSA) is 71.1 Å². The van der Waals surface area contributed by atoms with E-state index in [4.69, 9.17) is 0 Å². The van der Waals surface area contributed by atoms with Crippen LogP contribution in [0.4, 0.5) is 5.13 Å². The lowest BCUT2D eigenvalue weighted by Crippen LogP contribution is -2.49. The average Bonchev–Trinajstić information content (AvgIpc) is 2.90. The van der Waals surface area contributed by atoms with E-state index in [2.05, 4.69) is 15.6 Å². The predicted molar refractivity (Wildman–Crippen MR) is 88.8 cm³/mol. The Hall–Kier alpha value is -1.43. The normalized spacial score (nSPS) is 17.3. The largest absolute Gasteiger partial charge is 0.344 e. The molecule has 0 saturated heterocycles. The second kappa shape index (κ2) is 7.72. The molecule has 5 nitrogen and oxygen atoms in total. The van der Waals surface area contributed by atoms with E-state index in [1.54, 1.807) is 6.20 Å². The number of amides is 2. The fourth-order valence-corrected chi connectivity index (χ4v) is 3.43. The lowest BCUT2D eigenvalue weighted by molar-refractivity contribution is -0.130. The molecule has 22 heavy (non-hydrogen) atoms. The lowest BCUT2D eigenvalue weighted by Gasteiger charge is -2.26. The van der Waals surface area contributed by atoms with Gasteiger partial charge in [-0.25, -0.2) is 4.98 Å². The standard InChI is InChI=1S/C16H25N3O2S/c1-10(2)13(15(21)19-16-17-9-11(3)22-16)18-14(20)12-7-5-4-6-8-12/h9-10,12-13H,4-8H2,1-3H3,(H,18,20)(H,17,19,21). The Morgan fingerprint density at radius 2 is 1.95 bits per heavy atom. The molecule has 1 fully saturated rings. The van der Waals surface area contributed by atoms with Gasteiger partial charge in [0.2, 0.25) is 11.8 Å². The molecule has 0 bridgehead atoms. The molecule has 2 amide bonds. The summed E-state index contributed by atoms with van der Waals surface area (Å²) in [6, 6.07) is -0.515. The van der Waals surface area contributed by atoms with E-state index >= 15 is 0 Å². The van der Waals surface area contributed by atoms with Crippen LogP contribution in [-0.2, 0) is 9.59 Å². The van der Waals surface area contributed by atoms with Gasteiger partial charge in [0.25, 0.3) is 0 Å². The maximum atomic E-state index is 12.4. The van der Waals surface area contributed by atoms with Crippen LogP contribution in [0.15, 0.2) is 6.20 Å². The van der Waals surface area contributed by atoms with Crippen molar-refractivity contribution in [2.45, 2.75) is 58.9 Å². The van der Waals surface area contributed by atoms with Gasteiger partial charge < -0.3 is 10.6 Å². The monoisotopic (exact) mass is 323 g/mol. The minimum Gasteiger partial charge on any atom is -0.344 e. The third-order valence-electron chi connectivity index (χ3n) is 4.07. The summed E-state index contributed by atoms with van der Waals surface area (Å²) >= 11 is 1.44. The van der Waals surface area contributed by atoms with Gasteiger partial charge in [0.05, 0.1) is 0 Å². The first kappa shape index (κ1) is 16.9. The van der Waals surface area contributed by atoms with Crippen molar-refractivity contribution in [2.24, 2.45) is 11.8 Å². The molecule has 0 aromatic carbocycles. The summed E-state index contributed by atoms with van der Waals surface area (Å²) in [4.78, 5) is 30.0. The number of nitrogens with zero attached hydrogens (tertiary/aromatic N) is 1. The Kier molecular flexibility index (Phi) is 5.94. The van der Waals surface area contributed by atoms with E-state index in [1.807, 2.05) is 20.8 Å². The highest BCUT2D eigenvalue weighted by Crippen LogP contribution is 2.24. The number of carbonyl (C=O) groups excluding carboxylic acids is 2. The van der Waals surface area contributed by atoms with Crippen LogP contribution in [0.5, 0.6) is 0 Å². The summed E-state index contributed by atoms with van der Waals surface area (Å²) in [5.74, 6) is -0.0733. The summed E-state index contributed by atoms with van der Waals surface area (Å²) < 4.78 is 0. The van der Waals surface area contributed by atoms with Crippen LogP contribution in [-0.4, -0.2) is 22.8 Å². The van der Waals surface area contributed by atoms with Crippen molar-refractivity contribution in [3.8, 4) is 0 Å². The quantitative estimate of drug-likeness (QED) is 0.874. The van der Waals surface area contributed by atoms with E-state index in [1.165, 1.54) is 17.8 Å². The highest BCUT2D eigenvalue weighted by Gasteiger charge is 2.28. The number of hydrogen-bond acceptors (Lipinski definition) is 4. The van der Waals surface area contributed by atoms with Gasteiger partial charge in [-0.05, 0) is 25.7 Å². The lowest BCUT2D eigenvalue weighted by atomic mass is 9.88. The van der Waals surface area contributed by atoms with Gasteiger partial charge in [0.1, 0.15) is 6.04 Å². The molecule has 1 aromatic rings. The van der Waals surface area contributed by atoms with Gasteiger partial charge in [-0.1, -0.05) is 33.1 Å². The van der Waals surface area contributed by atoms with E-state index in [9.17, 15) is 9.59 Å². The zero-order chi connectivity index (χ0) is 16.1. The molecule has 6 heteroatoms. The second-order valence-corrected chi connectivity index (χ2v) is 7.57. The Morgan fingerprint density at radius 1 is 1.27 bits per heavy atom. The summed E-state index contributed by atoms with van der Waals surface area (Å²) in [7, 11) is 0. The predicted octanol–water partition coefficient (Wildman–Crippen LogP) is 3.11. The first-order valence-electron chi connectivity index (χ1n) is 8.01.